The van der Waals surface area contributed by atoms with Gasteiger partial charge >= 0.3 is 0 Å². The van der Waals surface area contributed by atoms with Crippen molar-refractivity contribution in [1.29, 1.82) is 0 Å². The molecule has 6 nitrogen and oxygen atoms in total. The third-order valence-electron chi connectivity index (χ3n) is 4.90. The van der Waals surface area contributed by atoms with Crippen LogP contribution in [0.2, 0.25) is 0 Å². The maximum atomic E-state index is 12.1. The SMILES string of the molecule is Cc1nc2ccccc2n1CCNC(=O)CNC(=O)C1CCCCC1. The summed E-state index contributed by atoms with van der Waals surface area (Å²) in [6, 6.07) is 7.97. The molecule has 1 aromatic heterocycles. The highest BCUT2D eigenvalue weighted by atomic mass is 16.2. The van der Waals surface area contributed by atoms with Gasteiger partial charge in [-0.1, -0.05) is 31.4 Å². The Kier molecular flexibility index (Phi) is 5.68. The van der Waals surface area contributed by atoms with Crippen molar-refractivity contribution in [1.82, 2.24) is 20.2 Å². The zero-order chi connectivity index (χ0) is 17.6. The first-order valence-electron chi connectivity index (χ1n) is 9.11. The van der Waals surface area contributed by atoms with Crippen LogP contribution in [0.4, 0.5) is 0 Å². The highest BCUT2D eigenvalue weighted by molar-refractivity contribution is 5.85. The van der Waals surface area contributed by atoms with Crippen LogP contribution in [0.25, 0.3) is 11.0 Å². The Bertz CT molecular complexity index is 747. The summed E-state index contributed by atoms with van der Waals surface area (Å²) in [5.41, 5.74) is 2.03. The van der Waals surface area contributed by atoms with Gasteiger partial charge in [-0.15, -0.1) is 0 Å². The highest BCUT2D eigenvalue weighted by Gasteiger charge is 2.21. The van der Waals surface area contributed by atoms with Gasteiger partial charge in [0.05, 0.1) is 17.6 Å². The van der Waals surface area contributed by atoms with E-state index in [0.717, 1.165) is 42.5 Å². The second kappa shape index (κ2) is 8.14. The van der Waals surface area contributed by atoms with E-state index in [1.807, 2.05) is 31.2 Å². The molecule has 0 radical (unpaired) electrons. The normalized spacial score (nSPS) is 15.2. The van der Waals surface area contributed by atoms with Gasteiger partial charge in [0, 0.05) is 19.0 Å². The van der Waals surface area contributed by atoms with Crippen molar-refractivity contribution in [2.24, 2.45) is 5.92 Å². The average molecular weight is 342 g/mol. The van der Waals surface area contributed by atoms with Gasteiger partial charge in [-0.3, -0.25) is 9.59 Å². The van der Waals surface area contributed by atoms with Crippen LogP contribution in [0, 0.1) is 12.8 Å². The maximum Gasteiger partial charge on any atom is 0.239 e. The number of aryl methyl sites for hydroxylation is 1. The minimum atomic E-state index is -0.147. The van der Waals surface area contributed by atoms with Crippen LogP contribution in [-0.4, -0.2) is 34.5 Å². The van der Waals surface area contributed by atoms with Crippen LogP contribution < -0.4 is 10.6 Å². The number of nitrogens with one attached hydrogen (secondary N) is 2. The minimum Gasteiger partial charge on any atom is -0.353 e. The second-order valence-corrected chi connectivity index (χ2v) is 6.70. The zero-order valence-electron chi connectivity index (χ0n) is 14.8. The quantitative estimate of drug-likeness (QED) is 0.845. The third-order valence-corrected chi connectivity index (χ3v) is 4.90. The molecule has 0 aliphatic heterocycles. The number of fused-ring (bicyclic) bond motifs is 1. The number of carbonyl (C=O) groups is 2. The van der Waals surface area contributed by atoms with Crippen molar-refractivity contribution in [2.45, 2.75) is 45.6 Å². The van der Waals surface area contributed by atoms with Gasteiger partial charge < -0.3 is 15.2 Å². The van der Waals surface area contributed by atoms with E-state index in [2.05, 4.69) is 20.2 Å². The number of nitrogens with zero attached hydrogens (tertiary/aromatic N) is 2. The molecule has 1 aliphatic rings. The van der Waals surface area contributed by atoms with Crippen molar-refractivity contribution in [3.8, 4) is 0 Å². The molecule has 2 aromatic rings. The predicted octanol–water partition coefficient (Wildman–Crippen LogP) is 2.16. The first-order valence-corrected chi connectivity index (χ1v) is 9.11. The second-order valence-electron chi connectivity index (χ2n) is 6.70. The average Bonchev–Trinajstić information content (AvgIpc) is 2.96. The third kappa shape index (κ3) is 4.38. The van der Waals surface area contributed by atoms with Crippen LogP contribution in [0.15, 0.2) is 24.3 Å². The van der Waals surface area contributed by atoms with Crippen molar-refractivity contribution in [3.05, 3.63) is 30.1 Å². The summed E-state index contributed by atoms with van der Waals surface area (Å²) >= 11 is 0. The summed E-state index contributed by atoms with van der Waals surface area (Å²) in [7, 11) is 0. The summed E-state index contributed by atoms with van der Waals surface area (Å²) in [6.45, 7) is 3.19. The monoisotopic (exact) mass is 342 g/mol. The number of carbonyl (C=O) groups excluding carboxylic acids is 2. The molecule has 0 spiro atoms. The molecular weight excluding hydrogens is 316 g/mol. The Morgan fingerprint density at radius 1 is 1.16 bits per heavy atom. The smallest absolute Gasteiger partial charge is 0.239 e. The highest BCUT2D eigenvalue weighted by Crippen LogP contribution is 2.23. The summed E-state index contributed by atoms with van der Waals surface area (Å²) in [5, 5.41) is 5.64. The van der Waals surface area contributed by atoms with E-state index in [1.165, 1.54) is 6.42 Å². The van der Waals surface area contributed by atoms with Crippen LogP contribution in [0.1, 0.15) is 37.9 Å². The van der Waals surface area contributed by atoms with Gasteiger partial charge in [-0.2, -0.15) is 0 Å². The predicted molar refractivity (Wildman–Crippen MR) is 97.1 cm³/mol. The lowest BCUT2D eigenvalue weighted by Crippen LogP contribution is -2.40. The Hall–Kier alpha value is -2.37. The van der Waals surface area contributed by atoms with E-state index >= 15 is 0 Å². The molecule has 25 heavy (non-hydrogen) atoms. The first-order chi connectivity index (χ1) is 12.1. The van der Waals surface area contributed by atoms with Crippen molar-refractivity contribution >= 4 is 22.8 Å². The van der Waals surface area contributed by atoms with Gasteiger partial charge in [-0.05, 0) is 31.9 Å². The number of rotatable bonds is 6. The number of aromatic nitrogens is 2. The molecule has 1 saturated carbocycles. The lowest BCUT2D eigenvalue weighted by atomic mass is 9.89. The van der Waals surface area contributed by atoms with Gasteiger partial charge in [0.25, 0.3) is 0 Å². The fourth-order valence-electron chi connectivity index (χ4n) is 3.52. The van der Waals surface area contributed by atoms with Gasteiger partial charge in [0.15, 0.2) is 0 Å². The molecule has 0 bridgehead atoms. The molecule has 1 fully saturated rings. The minimum absolute atomic E-state index is 0.0197. The molecule has 0 saturated heterocycles. The molecule has 2 N–H and O–H groups in total. The van der Waals surface area contributed by atoms with Crippen LogP contribution in [0.5, 0.6) is 0 Å². The maximum absolute atomic E-state index is 12.1. The van der Waals surface area contributed by atoms with E-state index in [9.17, 15) is 9.59 Å². The topological polar surface area (TPSA) is 76.0 Å². The molecule has 6 heteroatoms. The molecule has 1 heterocycles. The van der Waals surface area contributed by atoms with E-state index in [-0.39, 0.29) is 24.3 Å². The largest absolute Gasteiger partial charge is 0.353 e. The van der Waals surface area contributed by atoms with Crippen LogP contribution in [-0.2, 0) is 16.1 Å². The van der Waals surface area contributed by atoms with E-state index in [4.69, 9.17) is 0 Å². The number of benzene rings is 1. The molecule has 3 rings (SSSR count). The molecule has 2 amide bonds. The number of amides is 2. The van der Waals surface area contributed by atoms with Gasteiger partial charge in [0.2, 0.25) is 11.8 Å². The molecule has 134 valence electrons. The number of hydrogen-bond donors (Lipinski definition) is 2. The number of hydrogen-bond acceptors (Lipinski definition) is 3. The molecule has 1 aromatic carbocycles. The lowest BCUT2D eigenvalue weighted by Gasteiger charge is -2.20. The van der Waals surface area contributed by atoms with Crippen molar-refractivity contribution < 1.29 is 9.59 Å². The molecule has 0 unspecified atom stereocenters. The van der Waals surface area contributed by atoms with Crippen molar-refractivity contribution in [3.63, 3.8) is 0 Å². The first kappa shape index (κ1) is 17.5. The molecule has 0 atom stereocenters. The van der Waals surface area contributed by atoms with Crippen LogP contribution in [0.3, 0.4) is 0 Å². The number of para-hydroxylation sites is 2. The van der Waals surface area contributed by atoms with Gasteiger partial charge in [-0.25, -0.2) is 4.98 Å². The van der Waals surface area contributed by atoms with Gasteiger partial charge in [0.1, 0.15) is 5.82 Å². The fourth-order valence-corrected chi connectivity index (χ4v) is 3.52. The number of imidazole rings is 1. The fraction of sp³-hybridized carbons (Fsp3) is 0.526. The summed E-state index contributed by atoms with van der Waals surface area (Å²) in [4.78, 5) is 28.5. The summed E-state index contributed by atoms with van der Waals surface area (Å²) in [6.07, 6.45) is 5.33. The van der Waals surface area contributed by atoms with Crippen LogP contribution >= 0.6 is 0 Å². The Morgan fingerprint density at radius 3 is 2.72 bits per heavy atom. The Balaban J connectivity index is 1.43. The molecular formula is C19H26N4O2. The van der Waals surface area contributed by atoms with E-state index in [1.54, 1.807) is 0 Å². The van der Waals surface area contributed by atoms with E-state index < -0.39 is 0 Å². The standard InChI is InChI=1S/C19H26N4O2/c1-14-22-16-9-5-6-10-17(16)23(14)12-11-20-18(24)13-21-19(25)15-7-3-2-4-8-15/h5-6,9-10,15H,2-4,7-8,11-13H2,1H3,(H,20,24)(H,21,25). The van der Waals surface area contributed by atoms with Crippen molar-refractivity contribution in [2.75, 3.05) is 13.1 Å². The van der Waals surface area contributed by atoms with E-state index in [0.29, 0.717) is 13.1 Å². The summed E-state index contributed by atoms with van der Waals surface area (Å²) in [5.74, 6) is 0.889. The Labute approximate surface area is 148 Å². The Morgan fingerprint density at radius 2 is 1.92 bits per heavy atom. The summed E-state index contributed by atoms with van der Waals surface area (Å²) < 4.78 is 2.09. The molecule has 1 aliphatic carbocycles. The zero-order valence-corrected chi connectivity index (χ0v) is 14.8. The lowest BCUT2D eigenvalue weighted by molar-refractivity contribution is -0.129.